The monoisotopic (exact) mass is 227 g/mol. The van der Waals surface area contributed by atoms with Crippen LogP contribution in [0.4, 0.5) is 0 Å². The predicted molar refractivity (Wildman–Crippen MR) is 66.5 cm³/mol. The minimum Gasteiger partial charge on any atom is -0.384 e. The highest BCUT2D eigenvalue weighted by Gasteiger charge is 2.08. The first-order valence-electron chi connectivity index (χ1n) is 5.42. The topological polar surface area (TPSA) is 21.3 Å². The third-order valence-electron chi connectivity index (χ3n) is 2.41. The first kappa shape index (κ1) is 12.7. The molecular formula is C12H21NOS. The molecule has 0 spiro atoms. The number of ether oxygens (including phenoxy) is 1. The van der Waals surface area contributed by atoms with E-state index in [2.05, 4.69) is 38.2 Å². The minimum atomic E-state index is 0.447. The summed E-state index contributed by atoms with van der Waals surface area (Å²) in [6, 6.07) is 4.83. The van der Waals surface area contributed by atoms with Crippen molar-refractivity contribution >= 4 is 11.3 Å². The van der Waals surface area contributed by atoms with Crippen molar-refractivity contribution in [1.82, 2.24) is 5.32 Å². The van der Waals surface area contributed by atoms with Gasteiger partial charge < -0.3 is 10.1 Å². The fraction of sp³-hybridized carbons (Fsp3) is 0.667. The zero-order valence-electron chi connectivity index (χ0n) is 10.0. The second-order valence-electron chi connectivity index (χ2n) is 4.14. The van der Waals surface area contributed by atoms with Gasteiger partial charge >= 0.3 is 0 Å². The molecule has 2 nitrogen and oxygen atoms in total. The molecule has 0 saturated heterocycles. The lowest BCUT2D eigenvalue weighted by Gasteiger charge is -2.16. The fourth-order valence-electron chi connectivity index (χ4n) is 1.51. The number of aryl methyl sites for hydroxylation is 1. The third kappa shape index (κ3) is 4.33. The molecule has 0 aliphatic heterocycles. The highest BCUT2D eigenvalue weighted by molar-refractivity contribution is 7.12. The fourth-order valence-corrected chi connectivity index (χ4v) is 2.41. The molecule has 2 atom stereocenters. The van der Waals surface area contributed by atoms with E-state index in [4.69, 9.17) is 4.74 Å². The highest BCUT2D eigenvalue weighted by atomic mass is 32.1. The molecule has 1 N–H and O–H groups in total. The Labute approximate surface area is 96.7 Å². The van der Waals surface area contributed by atoms with Crippen LogP contribution >= 0.6 is 11.3 Å². The van der Waals surface area contributed by atoms with Gasteiger partial charge in [0.15, 0.2) is 0 Å². The van der Waals surface area contributed by atoms with Crippen molar-refractivity contribution in [3.8, 4) is 0 Å². The van der Waals surface area contributed by atoms with Crippen LogP contribution in [0, 0.1) is 12.8 Å². The number of rotatable bonds is 6. The quantitative estimate of drug-likeness (QED) is 0.806. The van der Waals surface area contributed by atoms with E-state index < -0.39 is 0 Å². The third-order valence-corrected chi connectivity index (χ3v) is 3.60. The van der Waals surface area contributed by atoms with Crippen LogP contribution in [0.3, 0.4) is 0 Å². The molecule has 15 heavy (non-hydrogen) atoms. The van der Waals surface area contributed by atoms with Gasteiger partial charge in [-0.3, -0.25) is 0 Å². The molecule has 1 aromatic rings. The molecule has 0 saturated carbocycles. The zero-order chi connectivity index (χ0) is 11.3. The van der Waals surface area contributed by atoms with Crippen LogP contribution in [0.15, 0.2) is 12.1 Å². The summed E-state index contributed by atoms with van der Waals surface area (Å²) >= 11 is 1.87. The van der Waals surface area contributed by atoms with Crippen molar-refractivity contribution in [3.63, 3.8) is 0 Å². The molecule has 3 heteroatoms. The van der Waals surface area contributed by atoms with E-state index in [1.807, 2.05) is 11.3 Å². The molecule has 0 fully saturated rings. The van der Waals surface area contributed by atoms with Crippen molar-refractivity contribution in [2.45, 2.75) is 26.8 Å². The Morgan fingerprint density at radius 3 is 2.67 bits per heavy atom. The average molecular weight is 227 g/mol. The number of hydrogen-bond donors (Lipinski definition) is 1. The molecule has 1 heterocycles. The molecular weight excluding hydrogens is 206 g/mol. The first-order chi connectivity index (χ1) is 7.13. The van der Waals surface area contributed by atoms with E-state index in [1.165, 1.54) is 9.75 Å². The van der Waals surface area contributed by atoms with Crippen LogP contribution in [0.1, 0.15) is 29.6 Å². The van der Waals surface area contributed by atoms with Crippen molar-refractivity contribution in [2.75, 3.05) is 20.3 Å². The standard InChI is InChI=1S/C12H21NOS/c1-9(8-14-4)7-13-11(3)12-6-5-10(2)15-12/h5-6,9,11,13H,7-8H2,1-4H3. The lowest BCUT2D eigenvalue weighted by atomic mass is 10.2. The smallest absolute Gasteiger partial charge is 0.0499 e. The first-order valence-corrected chi connectivity index (χ1v) is 6.23. The van der Waals surface area contributed by atoms with Gasteiger partial charge in [-0.2, -0.15) is 0 Å². The van der Waals surface area contributed by atoms with Gasteiger partial charge in [-0.1, -0.05) is 6.92 Å². The Balaban J connectivity index is 2.33. The van der Waals surface area contributed by atoms with Crippen LogP contribution < -0.4 is 5.32 Å². The lowest BCUT2D eigenvalue weighted by Crippen LogP contribution is -2.26. The molecule has 0 aromatic carbocycles. The van der Waals surface area contributed by atoms with Crippen LogP contribution in [0.25, 0.3) is 0 Å². The van der Waals surface area contributed by atoms with Crippen LogP contribution in [0.2, 0.25) is 0 Å². The largest absolute Gasteiger partial charge is 0.384 e. The molecule has 0 aliphatic rings. The van der Waals surface area contributed by atoms with E-state index in [0.717, 1.165) is 13.2 Å². The van der Waals surface area contributed by atoms with Crippen molar-refractivity contribution in [1.29, 1.82) is 0 Å². The normalized spacial score (nSPS) is 15.2. The molecule has 1 rings (SSSR count). The number of thiophene rings is 1. The van der Waals surface area contributed by atoms with Crippen LogP contribution in [0.5, 0.6) is 0 Å². The Kier molecular flexibility index (Phi) is 5.29. The van der Waals surface area contributed by atoms with Crippen molar-refractivity contribution in [3.05, 3.63) is 21.9 Å². The van der Waals surface area contributed by atoms with E-state index in [-0.39, 0.29) is 0 Å². The minimum absolute atomic E-state index is 0.447. The summed E-state index contributed by atoms with van der Waals surface area (Å²) in [6.07, 6.45) is 0. The van der Waals surface area contributed by atoms with Gasteiger partial charge in [0, 0.05) is 36.1 Å². The lowest BCUT2D eigenvalue weighted by molar-refractivity contribution is 0.157. The Hall–Kier alpha value is -0.380. The number of methoxy groups -OCH3 is 1. The Morgan fingerprint density at radius 2 is 2.13 bits per heavy atom. The molecule has 0 radical (unpaired) electrons. The summed E-state index contributed by atoms with van der Waals surface area (Å²) in [5.41, 5.74) is 0. The predicted octanol–water partition coefficient (Wildman–Crippen LogP) is 2.99. The molecule has 2 unspecified atom stereocenters. The molecule has 86 valence electrons. The molecule has 1 aromatic heterocycles. The van der Waals surface area contributed by atoms with E-state index in [1.54, 1.807) is 7.11 Å². The maximum atomic E-state index is 5.11. The van der Waals surface area contributed by atoms with Gasteiger partial charge in [-0.05, 0) is 31.9 Å². The summed E-state index contributed by atoms with van der Waals surface area (Å²) in [6.45, 7) is 8.39. The maximum Gasteiger partial charge on any atom is 0.0499 e. The van der Waals surface area contributed by atoms with Gasteiger partial charge in [0.05, 0.1) is 0 Å². The Bertz CT molecular complexity index is 285. The van der Waals surface area contributed by atoms with E-state index in [0.29, 0.717) is 12.0 Å². The molecule has 0 aliphatic carbocycles. The van der Waals surface area contributed by atoms with Gasteiger partial charge in [-0.15, -0.1) is 11.3 Å². The van der Waals surface area contributed by atoms with E-state index in [9.17, 15) is 0 Å². The second-order valence-corrected chi connectivity index (χ2v) is 5.46. The van der Waals surface area contributed by atoms with Gasteiger partial charge in [0.1, 0.15) is 0 Å². The van der Waals surface area contributed by atoms with Crippen LogP contribution in [-0.2, 0) is 4.74 Å². The number of nitrogens with one attached hydrogen (secondary N) is 1. The molecule has 0 amide bonds. The highest BCUT2D eigenvalue weighted by Crippen LogP contribution is 2.22. The van der Waals surface area contributed by atoms with Gasteiger partial charge in [0.2, 0.25) is 0 Å². The summed E-state index contributed by atoms with van der Waals surface area (Å²) < 4.78 is 5.11. The summed E-state index contributed by atoms with van der Waals surface area (Å²) in [5, 5.41) is 3.53. The maximum absolute atomic E-state index is 5.11. The zero-order valence-corrected chi connectivity index (χ0v) is 10.9. The van der Waals surface area contributed by atoms with Gasteiger partial charge in [0.25, 0.3) is 0 Å². The van der Waals surface area contributed by atoms with Crippen molar-refractivity contribution in [2.24, 2.45) is 5.92 Å². The average Bonchev–Trinajstić information content (AvgIpc) is 2.62. The number of hydrogen-bond acceptors (Lipinski definition) is 3. The van der Waals surface area contributed by atoms with Crippen LogP contribution in [-0.4, -0.2) is 20.3 Å². The summed E-state index contributed by atoms with van der Waals surface area (Å²) in [4.78, 5) is 2.79. The van der Waals surface area contributed by atoms with Gasteiger partial charge in [-0.25, -0.2) is 0 Å². The SMILES string of the molecule is COCC(C)CNC(C)c1ccc(C)s1. The summed E-state index contributed by atoms with van der Waals surface area (Å²) in [7, 11) is 1.75. The Morgan fingerprint density at radius 1 is 1.40 bits per heavy atom. The van der Waals surface area contributed by atoms with Crippen molar-refractivity contribution < 1.29 is 4.74 Å². The second kappa shape index (κ2) is 6.26. The molecule has 0 bridgehead atoms. The van der Waals surface area contributed by atoms with E-state index >= 15 is 0 Å². The summed E-state index contributed by atoms with van der Waals surface area (Å²) in [5.74, 6) is 0.568.